The van der Waals surface area contributed by atoms with Gasteiger partial charge in [-0.25, -0.2) is 0 Å². The lowest BCUT2D eigenvalue weighted by Crippen LogP contribution is -2.09. The molecule has 0 amide bonds. The molecule has 0 atom stereocenters. The van der Waals surface area contributed by atoms with Crippen LogP contribution in [0.4, 0.5) is 0 Å². The minimum atomic E-state index is 0.0280. The smallest absolute Gasteiger partial charge is 0.183 e. The molecule has 0 aromatic carbocycles. The third-order valence-corrected chi connectivity index (χ3v) is 1.69. The predicted octanol–water partition coefficient (Wildman–Crippen LogP) is 3.65. The van der Waals surface area contributed by atoms with Crippen molar-refractivity contribution < 1.29 is 4.79 Å². The van der Waals surface area contributed by atoms with E-state index in [-0.39, 0.29) is 11.7 Å². The molecule has 15 heavy (non-hydrogen) atoms. The van der Waals surface area contributed by atoms with Crippen molar-refractivity contribution in [3.8, 4) is 0 Å². The summed E-state index contributed by atoms with van der Waals surface area (Å²) >= 11 is 0. The van der Waals surface area contributed by atoms with E-state index in [2.05, 4.69) is 18.8 Å². The summed E-state index contributed by atoms with van der Waals surface area (Å²) in [6.07, 6.45) is 2.97. The van der Waals surface area contributed by atoms with Gasteiger partial charge in [0.15, 0.2) is 5.78 Å². The molecule has 1 heterocycles. The second-order valence-corrected chi connectivity index (χ2v) is 3.95. The van der Waals surface area contributed by atoms with E-state index in [0.717, 1.165) is 5.56 Å². The Morgan fingerprint density at radius 1 is 1.33 bits per heavy atom. The maximum Gasteiger partial charge on any atom is 0.183 e. The van der Waals surface area contributed by atoms with Gasteiger partial charge in [0.1, 0.15) is 5.69 Å². The predicted molar refractivity (Wildman–Crippen MR) is 64.1 cm³/mol. The molecule has 0 saturated heterocycles. The van der Waals surface area contributed by atoms with Crippen LogP contribution in [0.15, 0.2) is 18.3 Å². The summed E-state index contributed by atoms with van der Waals surface area (Å²) in [4.78, 5) is 15.4. The quantitative estimate of drug-likeness (QED) is 0.693. The summed E-state index contributed by atoms with van der Waals surface area (Å²) in [5, 5.41) is 0. The standard InChI is InChI=1S/C10H13NO.C3H8/c1-7(2)10(12)9-5-4-8(3)6-11-9;1-3-2/h4-7H,1-3H3;3H2,1-2H3. The fourth-order valence-corrected chi connectivity index (χ4v) is 0.909. The van der Waals surface area contributed by atoms with Gasteiger partial charge in [0, 0.05) is 12.1 Å². The van der Waals surface area contributed by atoms with Gasteiger partial charge in [0.25, 0.3) is 0 Å². The van der Waals surface area contributed by atoms with Gasteiger partial charge >= 0.3 is 0 Å². The lowest BCUT2D eigenvalue weighted by Gasteiger charge is -2.02. The Morgan fingerprint density at radius 2 is 1.87 bits per heavy atom. The molecular weight excluding hydrogens is 186 g/mol. The van der Waals surface area contributed by atoms with Crippen molar-refractivity contribution in [2.45, 2.75) is 41.0 Å². The monoisotopic (exact) mass is 207 g/mol. The van der Waals surface area contributed by atoms with Gasteiger partial charge < -0.3 is 0 Å². The van der Waals surface area contributed by atoms with E-state index in [1.807, 2.05) is 26.8 Å². The van der Waals surface area contributed by atoms with E-state index in [1.165, 1.54) is 6.42 Å². The molecule has 2 nitrogen and oxygen atoms in total. The minimum absolute atomic E-state index is 0.0280. The SMILES string of the molecule is CCC.Cc1ccc(C(=O)C(C)C)nc1. The van der Waals surface area contributed by atoms with Crippen molar-refractivity contribution >= 4 is 5.78 Å². The minimum Gasteiger partial charge on any atom is -0.292 e. The second kappa shape index (κ2) is 7.16. The highest BCUT2D eigenvalue weighted by Crippen LogP contribution is 2.05. The molecule has 0 aliphatic heterocycles. The summed E-state index contributed by atoms with van der Waals surface area (Å²) in [5.41, 5.74) is 1.64. The Labute approximate surface area is 92.7 Å². The van der Waals surface area contributed by atoms with Crippen molar-refractivity contribution in [3.05, 3.63) is 29.6 Å². The van der Waals surface area contributed by atoms with Crippen molar-refractivity contribution in [2.24, 2.45) is 5.92 Å². The molecule has 1 aromatic heterocycles. The molecule has 84 valence electrons. The molecule has 0 radical (unpaired) electrons. The zero-order chi connectivity index (χ0) is 11.8. The van der Waals surface area contributed by atoms with Crippen molar-refractivity contribution in [3.63, 3.8) is 0 Å². The molecule has 0 unspecified atom stereocenters. The first-order valence-electron chi connectivity index (χ1n) is 5.49. The van der Waals surface area contributed by atoms with Crippen LogP contribution in [-0.2, 0) is 0 Å². The van der Waals surface area contributed by atoms with Crippen LogP contribution in [0.25, 0.3) is 0 Å². The molecule has 0 aliphatic rings. The van der Waals surface area contributed by atoms with Gasteiger partial charge in [-0.1, -0.05) is 40.2 Å². The van der Waals surface area contributed by atoms with Crippen LogP contribution in [0.1, 0.15) is 50.2 Å². The number of Topliss-reactive ketones (excluding diaryl/α,β-unsaturated/α-hetero) is 1. The molecule has 0 saturated carbocycles. The summed E-state index contributed by atoms with van der Waals surface area (Å²) in [5.74, 6) is 0.134. The number of carbonyl (C=O) groups is 1. The molecule has 0 aliphatic carbocycles. The van der Waals surface area contributed by atoms with Crippen LogP contribution in [0.5, 0.6) is 0 Å². The highest BCUT2D eigenvalue weighted by Gasteiger charge is 2.10. The first kappa shape index (κ1) is 13.8. The number of pyridine rings is 1. The largest absolute Gasteiger partial charge is 0.292 e. The van der Waals surface area contributed by atoms with Gasteiger partial charge in [-0.2, -0.15) is 0 Å². The maximum absolute atomic E-state index is 11.4. The fourth-order valence-electron chi connectivity index (χ4n) is 0.909. The third kappa shape index (κ3) is 5.31. The zero-order valence-corrected chi connectivity index (χ0v) is 10.4. The normalized spacial score (nSPS) is 9.47. The topological polar surface area (TPSA) is 30.0 Å². The number of nitrogens with zero attached hydrogens (tertiary/aromatic N) is 1. The number of hydrogen-bond donors (Lipinski definition) is 0. The third-order valence-electron chi connectivity index (χ3n) is 1.69. The first-order chi connectivity index (χ1) is 7.02. The second-order valence-electron chi connectivity index (χ2n) is 3.95. The lowest BCUT2D eigenvalue weighted by molar-refractivity contribution is 0.0934. The van der Waals surface area contributed by atoms with Gasteiger partial charge in [-0.3, -0.25) is 9.78 Å². The lowest BCUT2D eigenvalue weighted by atomic mass is 10.1. The Hall–Kier alpha value is -1.18. The number of hydrogen-bond acceptors (Lipinski definition) is 2. The van der Waals surface area contributed by atoms with Crippen LogP contribution in [0.2, 0.25) is 0 Å². The Morgan fingerprint density at radius 3 is 2.20 bits per heavy atom. The van der Waals surface area contributed by atoms with Crippen molar-refractivity contribution in [1.82, 2.24) is 4.98 Å². The molecule has 0 bridgehead atoms. The van der Waals surface area contributed by atoms with E-state index in [4.69, 9.17) is 0 Å². The van der Waals surface area contributed by atoms with Crippen LogP contribution < -0.4 is 0 Å². The van der Waals surface area contributed by atoms with Gasteiger partial charge in [-0.05, 0) is 18.6 Å². The molecule has 2 heteroatoms. The van der Waals surface area contributed by atoms with Crippen molar-refractivity contribution in [1.29, 1.82) is 0 Å². The van der Waals surface area contributed by atoms with Gasteiger partial charge in [0.05, 0.1) is 0 Å². The number of carbonyl (C=O) groups excluding carboxylic acids is 1. The Bertz CT molecular complexity index is 288. The van der Waals surface area contributed by atoms with Crippen LogP contribution in [-0.4, -0.2) is 10.8 Å². The van der Waals surface area contributed by atoms with Crippen LogP contribution >= 0.6 is 0 Å². The molecule has 0 spiro atoms. The first-order valence-corrected chi connectivity index (χ1v) is 5.49. The molecule has 0 fully saturated rings. The average Bonchev–Trinajstić information content (AvgIpc) is 2.19. The van der Waals surface area contributed by atoms with E-state index in [0.29, 0.717) is 5.69 Å². The van der Waals surface area contributed by atoms with E-state index < -0.39 is 0 Å². The Balaban J connectivity index is 0.000000583. The number of aromatic nitrogens is 1. The van der Waals surface area contributed by atoms with E-state index in [1.54, 1.807) is 12.3 Å². The number of rotatable bonds is 2. The highest BCUT2D eigenvalue weighted by molar-refractivity contribution is 5.95. The molecule has 1 aromatic rings. The van der Waals surface area contributed by atoms with Crippen molar-refractivity contribution in [2.75, 3.05) is 0 Å². The van der Waals surface area contributed by atoms with E-state index in [9.17, 15) is 4.79 Å². The number of aryl methyl sites for hydroxylation is 1. The highest BCUT2D eigenvalue weighted by atomic mass is 16.1. The Kier molecular flexibility index (Phi) is 6.59. The average molecular weight is 207 g/mol. The summed E-state index contributed by atoms with van der Waals surface area (Å²) in [7, 11) is 0. The fraction of sp³-hybridized carbons (Fsp3) is 0.538. The van der Waals surface area contributed by atoms with Crippen LogP contribution in [0.3, 0.4) is 0 Å². The summed E-state index contributed by atoms with van der Waals surface area (Å²) < 4.78 is 0. The van der Waals surface area contributed by atoms with Gasteiger partial charge in [0.2, 0.25) is 0 Å². The maximum atomic E-state index is 11.4. The molecule has 1 rings (SSSR count). The summed E-state index contributed by atoms with van der Waals surface area (Å²) in [6, 6.07) is 3.68. The molecular formula is C13H21NO. The van der Waals surface area contributed by atoms with Gasteiger partial charge in [-0.15, -0.1) is 0 Å². The van der Waals surface area contributed by atoms with E-state index >= 15 is 0 Å². The number of ketones is 1. The summed E-state index contributed by atoms with van der Waals surface area (Å²) in [6.45, 7) is 9.96. The zero-order valence-electron chi connectivity index (χ0n) is 10.4. The van der Waals surface area contributed by atoms with Crippen LogP contribution in [0, 0.1) is 12.8 Å². The molecule has 0 N–H and O–H groups in total.